The molecule has 0 amide bonds. The fourth-order valence-electron chi connectivity index (χ4n) is 2.67. The summed E-state index contributed by atoms with van der Waals surface area (Å²) in [5.74, 6) is -0.314. The van der Waals surface area contributed by atoms with E-state index in [-0.39, 0.29) is 17.9 Å². The van der Waals surface area contributed by atoms with Gasteiger partial charge in [-0.2, -0.15) is 0 Å². The van der Waals surface area contributed by atoms with Crippen LogP contribution in [0.5, 0.6) is 0 Å². The normalized spacial score (nSPS) is 21.2. The molecule has 4 nitrogen and oxygen atoms in total. The first kappa shape index (κ1) is 16.8. The van der Waals surface area contributed by atoms with Crippen molar-refractivity contribution in [3.05, 3.63) is 34.5 Å². The van der Waals surface area contributed by atoms with Gasteiger partial charge < -0.3 is 15.8 Å². The van der Waals surface area contributed by atoms with E-state index in [4.69, 9.17) is 17.3 Å². The average molecular weight is 373 g/mol. The summed E-state index contributed by atoms with van der Waals surface area (Å²) >= 11 is 8.92. The maximum absolute atomic E-state index is 14.3. The fourth-order valence-corrected chi connectivity index (χ4v) is 4.22. The van der Waals surface area contributed by atoms with E-state index < -0.39 is 0 Å². The van der Waals surface area contributed by atoms with Gasteiger partial charge in [-0.25, -0.2) is 9.37 Å². The van der Waals surface area contributed by atoms with E-state index in [9.17, 15) is 4.39 Å². The highest BCUT2D eigenvalue weighted by molar-refractivity contribution is 8.00. The molecule has 1 aromatic heterocycles. The van der Waals surface area contributed by atoms with Crippen molar-refractivity contribution in [3.63, 3.8) is 0 Å². The lowest BCUT2D eigenvalue weighted by Gasteiger charge is -2.28. The van der Waals surface area contributed by atoms with Crippen molar-refractivity contribution in [1.29, 1.82) is 0 Å². The van der Waals surface area contributed by atoms with E-state index in [2.05, 4.69) is 15.0 Å². The van der Waals surface area contributed by atoms with Crippen LogP contribution in [0.2, 0.25) is 5.02 Å². The van der Waals surface area contributed by atoms with Crippen molar-refractivity contribution < 1.29 is 4.39 Å². The quantitative estimate of drug-likeness (QED) is 0.662. The minimum absolute atomic E-state index is 0.210. The lowest BCUT2D eigenvalue weighted by molar-refractivity contribution is 0.409. The minimum Gasteiger partial charge on any atom is -0.381 e. The highest BCUT2D eigenvalue weighted by atomic mass is 35.5. The Morgan fingerprint density at radius 3 is 3.00 bits per heavy atom. The number of rotatable bonds is 5. The summed E-state index contributed by atoms with van der Waals surface area (Å²) in [5, 5.41) is 6.41. The Kier molecular flexibility index (Phi) is 5.63. The van der Waals surface area contributed by atoms with Gasteiger partial charge >= 0.3 is 0 Å². The number of hydrogen-bond donors (Lipinski definition) is 3. The average Bonchev–Trinajstić information content (AvgIpc) is 3.03. The molecule has 3 rings (SSSR count). The van der Waals surface area contributed by atoms with Crippen molar-refractivity contribution in [3.8, 4) is 0 Å². The zero-order valence-electron chi connectivity index (χ0n) is 12.4. The Morgan fingerprint density at radius 1 is 1.39 bits per heavy atom. The first-order valence-corrected chi connectivity index (χ1v) is 9.52. The first-order chi connectivity index (χ1) is 11.1. The zero-order valence-corrected chi connectivity index (χ0v) is 14.8. The number of aromatic nitrogens is 1. The maximum Gasteiger partial charge on any atom is 0.192 e. The predicted molar refractivity (Wildman–Crippen MR) is 96.9 cm³/mol. The molecule has 0 saturated heterocycles. The Labute approximate surface area is 148 Å². The third-order valence-corrected chi connectivity index (χ3v) is 5.74. The maximum atomic E-state index is 14.3. The third kappa shape index (κ3) is 4.50. The number of nitrogens with two attached hydrogens (primary N) is 1. The first-order valence-electron chi connectivity index (χ1n) is 7.45. The van der Waals surface area contributed by atoms with Gasteiger partial charge in [0.05, 0.1) is 15.6 Å². The second kappa shape index (κ2) is 7.70. The monoisotopic (exact) mass is 372 g/mol. The minimum atomic E-state index is -0.314. The van der Waals surface area contributed by atoms with Crippen molar-refractivity contribution in [2.45, 2.75) is 42.7 Å². The van der Waals surface area contributed by atoms with Crippen molar-refractivity contribution in [2.75, 3.05) is 10.0 Å². The Morgan fingerprint density at radius 2 is 2.26 bits per heavy atom. The zero-order chi connectivity index (χ0) is 16.2. The molecule has 1 aliphatic carbocycles. The molecular formula is C15H18ClFN4S2. The van der Waals surface area contributed by atoms with Gasteiger partial charge in [0.2, 0.25) is 0 Å². The highest BCUT2D eigenvalue weighted by Gasteiger charge is 2.20. The summed E-state index contributed by atoms with van der Waals surface area (Å²) in [6, 6.07) is 3.55. The lowest BCUT2D eigenvalue weighted by atomic mass is 9.91. The van der Waals surface area contributed by atoms with E-state index in [1.165, 1.54) is 17.4 Å². The second-order valence-electron chi connectivity index (χ2n) is 5.57. The molecular weight excluding hydrogens is 355 g/mol. The Balaban J connectivity index is 1.67. The summed E-state index contributed by atoms with van der Waals surface area (Å²) in [6.07, 6.45) is 5.76. The Bertz CT molecular complexity index is 653. The topological polar surface area (TPSA) is 63.0 Å². The third-order valence-electron chi connectivity index (χ3n) is 3.78. The van der Waals surface area contributed by atoms with Gasteiger partial charge in [-0.1, -0.05) is 11.6 Å². The molecule has 0 aliphatic heterocycles. The molecule has 1 heterocycles. The number of anilines is 2. The Hall–Kier alpha value is -1.02. The molecule has 0 bridgehead atoms. The standard InChI is InChI=1S/C15H18ClFN4S2/c16-11-7-14(23-21-15-19-4-5-22-15)12(17)8-13(11)20-10-3-1-2-9(18)6-10/h4-5,7-10,20H,1-3,6,18H2,(H,19,21). The summed E-state index contributed by atoms with van der Waals surface area (Å²) < 4.78 is 17.3. The van der Waals surface area contributed by atoms with Crippen LogP contribution < -0.4 is 15.8 Å². The highest BCUT2D eigenvalue weighted by Crippen LogP contribution is 2.33. The van der Waals surface area contributed by atoms with Crippen LogP contribution in [0.4, 0.5) is 15.2 Å². The van der Waals surface area contributed by atoms with E-state index in [0.717, 1.165) is 42.8 Å². The van der Waals surface area contributed by atoms with Gasteiger partial charge in [-0.05, 0) is 49.8 Å². The van der Waals surface area contributed by atoms with Gasteiger partial charge in [0, 0.05) is 23.7 Å². The number of thiazole rings is 1. The smallest absolute Gasteiger partial charge is 0.192 e. The molecule has 1 fully saturated rings. The number of hydrogen-bond acceptors (Lipinski definition) is 6. The number of benzene rings is 1. The van der Waals surface area contributed by atoms with Crippen LogP contribution >= 0.6 is 34.9 Å². The molecule has 0 radical (unpaired) electrons. The molecule has 1 aliphatic rings. The van der Waals surface area contributed by atoms with Crippen molar-refractivity contribution in [2.24, 2.45) is 5.73 Å². The van der Waals surface area contributed by atoms with E-state index in [0.29, 0.717) is 15.6 Å². The molecule has 1 saturated carbocycles. The van der Waals surface area contributed by atoms with Gasteiger partial charge in [-0.3, -0.25) is 0 Å². The molecule has 2 aromatic rings. The van der Waals surface area contributed by atoms with E-state index in [1.807, 2.05) is 5.38 Å². The van der Waals surface area contributed by atoms with Crippen LogP contribution in [-0.4, -0.2) is 17.1 Å². The molecule has 2 unspecified atom stereocenters. The van der Waals surface area contributed by atoms with Crippen LogP contribution in [-0.2, 0) is 0 Å². The predicted octanol–water partition coefficient (Wildman–Crippen LogP) is 4.74. The molecule has 124 valence electrons. The van der Waals surface area contributed by atoms with Gasteiger partial charge in [0.25, 0.3) is 0 Å². The van der Waals surface area contributed by atoms with Crippen LogP contribution in [0, 0.1) is 5.82 Å². The molecule has 2 atom stereocenters. The second-order valence-corrected chi connectivity index (χ2v) is 7.72. The summed E-state index contributed by atoms with van der Waals surface area (Å²) in [4.78, 5) is 4.53. The van der Waals surface area contributed by atoms with Crippen LogP contribution in [0.3, 0.4) is 0 Å². The summed E-state index contributed by atoms with van der Waals surface area (Å²) in [6.45, 7) is 0. The molecule has 23 heavy (non-hydrogen) atoms. The van der Waals surface area contributed by atoms with Gasteiger partial charge in [0.15, 0.2) is 5.13 Å². The molecule has 0 spiro atoms. The van der Waals surface area contributed by atoms with Gasteiger partial charge in [-0.15, -0.1) is 11.3 Å². The van der Waals surface area contributed by atoms with E-state index in [1.54, 1.807) is 12.3 Å². The lowest BCUT2D eigenvalue weighted by Crippen LogP contribution is -2.34. The SMILES string of the molecule is NC1CCCC(Nc2cc(F)c(SNc3nccs3)cc2Cl)C1. The summed E-state index contributed by atoms with van der Waals surface area (Å²) in [5.41, 5.74) is 6.62. The number of nitrogens with one attached hydrogen (secondary N) is 2. The number of halogens is 2. The van der Waals surface area contributed by atoms with Gasteiger partial charge in [0.1, 0.15) is 5.82 Å². The van der Waals surface area contributed by atoms with E-state index >= 15 is 0 Å². The molecule has 8 heteroatoms. The van der Waals surface area contributed by atoms with Crippen molar-refractivity contribution in [1.82, 2.24) is 4.98 Å². The largest absolute Gasteiger partial charge is 0.381 e. The fraction of sp³-hybridized carbons (Fsp3) is 0.400. The summed E-state index contributed by atoms with van der Waals surface area (Å²) in [7, 11) is 0. The van der Waals surface area contributed by atoms with Crippen LogP contribution in [0.15, 0.2) is 28.6 Å². The van der Waals surface area contributed by atoms with Crippen molar-refractivity contribution >= 4 is 45.7 Å². The van der Waals surface area contributed by atoms with Crippen LogP contribution in [0.1, 0.15) is 25.7 Å². The number of nitrogens with zero attached hydrogens (tertiary/aromatic N) is 1. The molecule has 1 aromatic carbocycles. The molecule has 4 N–H and O–H groups in total. The van der Waals surface area contributed by atoms with Crippen LogP contribution in [0.25, 0.3) is 0 Å².